The van der Waals surface area contributed by atoms with Gasteiger partial charge in [-0.2, -0.15) is 10.1 Å². The Kier molecular flexibility index (Phi) is 5.23. The van der Waals surface area contributed by atoms with Gasteiger partial charge in [0.15, 0.2) is 11.2 Å². The van der Waals surface area contributed by atoms with Gasteiger partial charge in [-0.05, 0) is 38.8 Å². The zero-order valence-corrected chi connectivity index (χ0v) is 20.1. The zero-order chi connectivity index (χ0) is 24.1. The van der Waals surface area contributed by atoms with E-state index in [-0.39, 0.29) is 23.8 Å². The summed E-state index contributed by atoms with van der Waals surface area (Å²) < 4.78 is 4.67. The van der Waals surface area contributed by atoms with Crippen molar-refractivity contribution in [3.05, 3.63) is 91.6 Å². The van der Waals surface area contributed by atoms with Gasteiger partial charge in [0.05, 0.1) is 24.8 Å². The Hall–Kier alpha value is -3.94. The van der Waals surface area contributed by atoms with Crippen molar-refractivity contribution in [3.8, 4) is 0 Å². The number of imidazole rings is 1. The number of aryl methyl sites for hydroxylation is 3. The maximum atomic E-state index is 13.7. The summed E-state index contributed by atoms with van der Waals surface area (Å²) in [4.78, 5) is 31.6. The summed E-state index contributed by atoms with van der Waals surface area (Å²) >= 11 is 0. The molecule has 0 saturated carbocycles. The molecule has 0 N–H and O–H groups in total. The molecule has 1 aliphatic rings. The lowest BCUT2D eigenvalue weighted by atomic mass is 10.1. The third kappa shape index (κ3) is 3.55. The molecule has 174 valence electrons. The lowest BCUT2D eigenvalue weighted by molar-refractivity contribution is 0.626. The van der Waals surface area contributed by atoms with E-state index < -0.39 is 0 Å². The molecule has 2 aromatic carbocycles. The molecule has 3 heterocycles. The lowest BCUT2D eigenvalue weighted by Crippen LogP contribution is -2.40. The third-order valence-electron chi connectivity index (χ3n) is 6.57. The molecule has 0 bridgehead atoms. The molecule has 8 heteroatoms. The number of nitrogens with zero attached hydrogens (tertiary/aromatic N) is 6. The summed E-state index contributed by atoms with van der Waals surface area (Å²) in [5, 5.41) is 6.58. The van der Waals surface area contributed by atoms with Crippen LogP contribution in [0.2, 0.25) is 0 Å². The van der Waals surface area contributed by atoms with Crippen LogP contribution >= 0.6 is 0 Å². The predicted molar refractivity (Wildman–Crippen MR) is 135 cm³/mol. The highest BCUT2D eigenvalue weighted by Gasteiger charge is 2.30. The van der Waals surface area contributed by atoms with Gasteiger partial charge in [-0.3, -0.25) is 18.5 Å². The van der Waals surface area contributed by atoms with Gasteiger partial charge in [0.2, 0.25) is 5.95 Å². The van der Waals surface area contributed by atoms with Crippen molar-refractivity contribution in [1.82, 2.24) is 18.7 Å². The first-order valence-electron chi connectivity index (χ1n) is 11.4. The molecule has 0 fully saturated rings. The fourth-order valence-corrected chi connectivity index (χ4v) is 4.37. The van der Waals surface area contributed by atoms with Gasteiger partial charge < -0.3 is 0 Å². The van der Waals surface area contributed by atoms with Crippen molar-refractivity contribution in [2.45, 2.75) is 46.8 Å². The van der Waals surface area contributed by atoms with Crippen LogP contribution in [-0.2, 0) is 20.1 Å². The second kappa shape index (κ2) is 8.13. The topological polar surface area (TPSA) is 77.4 Å². The van der Waals surface area contributed by atoms with E-state index in [1.165, 1.54) is 14.7 Å². The van der Waals surface area contributed by atoms with Crippen LogP contribution in [-0.4, -0.2) is 24.4 Å². The van der Waals surface area contributed by atoms with E-state index in [0.29, 0.717) is 23.7 Å². The molecule has 0 saturated heterocycles. The zero-order valence-electron chi connectivity index (χ0n) is 20.1. The molecular formula is C26H28N6O2. The molecule has 8 nitrogen and oxygen atoms in total. The maximum Gasteiger partial charge on any atom is 0.332 e. The summed E-state index contributed by atoms with van der Waals surface area (Å²) in [6.07, 6.45) is 0. The molecule has 34 heavy (non-hydrogen) atoms. The number of benzene rings is 2. The maximum absolute atomic E-state index is 13.7. The second-order valence-corrected chi connectivity index (χ2v) is 9.13. The molecule has 0 amide bonds. The first kappa shape index (κ1) is 21.9. The Morgan fingerprint density at radius 3 is 2.00 bits per heavy atom. The van der Waals surface area contributed by atoms with E-state index in [1.54, 1.807) is 7.05 Å². The van der Waals surface area contributed by atoms with Gasteiger partial charge >= 0.3 is 5.69 Å². The van der Waals surface area contributed by atoms with Crippen molar-refractivity contribution in [2.75, 3.05) is 5.01 Å². The number of anilines is 1. The van der Waals surface area contributed by atoms with Crippen LogP contribution in [0.1, 0.15) is 42.1 Å². The van der Waals surface area contributed by atoms with E-state index in [9.17, 15) is 9.59 Å². The van der Waals surface area contributed by atoms with Crippen molar-refractivity contribution >= 4 is 22.8 Å². The molecule has 1 aliphatic heterocycles. The Bertz CT molecular complexity index is 1540. The van der Waals surface area contributed by atoms with E-state index in [0.717, 1.165) is 22.4 Å². The first-order chi connectivity index (χ1) is 16.2. The monoisotopic (exact) mass is 456 g/mol. The average molecular weight is 457 g/mol. The minimum atomic E-state index is -0.385. The van der Waals surface area contributed by atoms with Crippen molar-refractivity contribution in [3.63, 3.8) is 0 Å². The van der Waals surface area contributed by atoms with Crippen LogP contribution in [0.15, 0.2) is 63.2 Å². The van der Waals surface area contributed by atoms with Gasteiger partial charge in [0.1, 0.15) is 0 Å². The van der Waals surface area contributed by atoms with E-state index in [2.05, 4.69) is 31.2 Å². The minimum absolute atomic E-state index is 0.160. The normalized spacial score (nSPS) is 15.5. The molecule has 0 radical (unpaired) electrons. The summed E-state index contributed by atoms with van der Waals surface area (Å²) in [5.41, 5.74) is 5.23. The SMILES string of the molecule is CC1=NN(Cc2ccc(C)cc2)c2nc3c(c(=O)n(Cc4ccc(C)cc4)c(=O)n3C)n2C1C. The quantitative estimate of drug-likeness (QED) is 0.471. The van der Waals surface area contributed by atoms with Gasteiger partial charge in [0.25, 0.3) is 5.56 Å². The van der Waals surface area contributed by atoms with Crippen LogP contribution in [0.5, 0.6) is 0 Å². The Balaban J connectivity index is 1.67. The average Bonchev–Trinajstić information content (AvgIpc) is 3.23. The van der Waals surface area contributed by atoms with Gasteiger partial charge in [-0.1, -0.05) is 59.7 Å². The summed E-state index contributed by atoms with van der Waals surface area (Å²) in [5.74, 6) is 0.564. The number of hydrogen-bond donors (Lipinski definition) is 0. The highest BCUT2D eigenvalue weighted by molar-refractivity contribution is 5.91. The van der Waals surface area contributed by atoms with Crippen molar-refractivity contribution in [1.29, 1.82) is 0 Å². The molecule has 1 unspecified atom stereocenters. The Labute approximate surface area is 197 Å². The van der Waals surface area contributed by atoms with Crippen LogP contribution in [0.25, 0.3) is 11.2 Å². The predicted octanol–water partition coefficient (Wildman–Crippen LogP) is 3.52. The number of rotatable bonds is 4. The fraction of sp³-hybridized carbons (Fsp3) is 0.308. The van der Waals surface area contributed by atoms with Crippen LogP contribution in [0.4, 0.5) is 5.95 Å². The standard InChI is InChI=1S/C26H28N6O2/c1-16-6-10-20(11-7-16)14-30-24(33)22-23(29(5)26(30)34)27-25-31(28-18(3)19(4)32(22)25)15-21-12-8-17(2)9-13-21/h6-13,19H,14-15H2,1-5H3. The molecule has 0 aliphatic carbocycles. The van der Waals surface area contributed by atoms with Crippen LogP contribution in [0.3, 0.4) is 0 Å². The van der Waals surface area contributed by atoms with Crippen molar-refractivity contribution in [2.24, 2.45) is 12.1 Å². The van der Waals surface area contributed by atoms with Crippen molar-refractivity contribution < 1.29 is 0 Å². The highest BCUT2D eigenvalue weighted by atomic mass is 16.2. The number of aromatic nitrogens is 4. The molecular weight excluding hydrogens is 428 g/mol. The van der Waals surface area contributed by atoms with E-state index in [1.807, 2.05) is 54.6 Å². The smallest absolute Gasteiger partial charge is 0.294 e. The van der Waals surface area contributed by atoms with Crippen LogP contribution < -0.4 is 16.3 Å². The molecule has 4 aromatic rings. The molecule has 5 rings (SSSR count). The van der Waals surface area contributed by atoms with E-state index in [4.69, 9.17) is 10.1 Å². The van der Waals surface area contributed by atoms with E-state index >= 15 is 0 Å². The largest absolute Gasteiger partial charge is 0.332 e. The Morgan fingerprint density at radius 1 is 0.853 bits per heavy atom. The molecule has 1 atom stereocenters. The Morgan fingerprint density at radius 2 is 1.41 bits per heavy atom. The number of hydrogen-bond acceptors (Lipinski definition) is 5. The molecule has 2 aromatic heterocycles. The minimum Gasteiger partial charge on any atom is -0.294 e. The summed E-state index contributed by atoms with van der Waals surface area (Å²) in [6.45, 7) is 8.73. The van der Waals surface area contributed by atoms with Crippen LogP contribution in [0, 0.1) is 13.8 Å². The fourth-order valence-electron chi connectivity index (χ4n) is 4.37. The second-order valence-electron chi connectivity index (χ2n) is 9.13. The number of hydrazone groups is 1. The summed E-state index contributed by atoms with van der Waals surface area (Å²) in [7, 11) is 1.66. The highest BCUT2D eigenvalue weighted by Crippen LogP contribution is 2.30. The first-order valence-corrected chi connectivity index (χ1v) is 11.4. The van der Waals surface area contributed by atoms with Gasteiger partial charge in [-0.25, -0.2) is 9.80 Å². The third-order valence-corrected chi connectivity index (χ3v) is 6.57. The number of fused-ring (bicyclic) bond motifs is 3. The van der Waals surface area contributed by atoms with Gasteiger partial charge in [-0.15, -0.1) is 0 Å². The summed E-state index contributed by atoms with van der Waals surface area (Å²) in [6, 6.07) is 15.9. The van der Waals surface area contributed by atoms with Gasteiger partial charge in [0, 0.05) is 7.05 Å². The lowest BCUT2D eigenvalue weighted by Gasteiger charge is -2.29. The molecule has 0 spiro atoms.